The number of carbonyl (C=O) groups is 1. The molecule has 0 aromatic heterocycles. The van der Waals surface area contributed by atoms with Crippen LogP contribution in [0.3, 0.4) is 0 Å². The molecule has 0 aliphatic heterocycles. The zero-order chi connectivity index (χ0) is 10.7. The number of halogens is 3. The Labute approximate surface area is 99.7 Å². The van der Waals surface area contributed by atoms with Crippen LogP contribution in [0.15, 0.2) is 16.6 Å². The van der Waals surface area contributed by atoms with Crippen molar-refractivity contribution in [2.75, 3.05) is 11.9 Å². The molecule has 0 radical (unpaired) electrons. The van der Waals surface area contributed by atoms with E-state index in [0.29, 0.717) is 20.2 Å². The van der Waals surface area contributed by atoms with Gasteiger partial charge >= 0.3 is 0 Å². The minimum Gasteiger partial charge on any atom is -0.375 e. The van der Waals surface area contributed by atoms with Crippen LogP contribution in [-0.4, -0.2) is 12.5 Å². The van der Waals surface area contributed by atoms with Gasteiger partial charge in [0.2, 0.25) is 5.91 Å². The molecule has 0 fully saturated rings. The number of carbonyl (C=O) groups excluding carboxylic acids is 1. The number of hydrogen-bond acceptors (Lipinski definition) is 2. The van der Waals surface area contributed by atoms with Crippen LogP contribution >= 0.6 is 39.1 Å². The van der Waals surface area contributed by atoms with Crippen LogP contribution in [0.25, 0.3) is 0 Å². The summed E-state index contributed by atoms with van der Waals surface area (Å²) >= 11 is 15.0. The molecule has 0 heterocycles. The molecule has 6 heteroatoms. The number of nitrogens with two attached hydrogens (primary N) is 1. The Kier molecular flexibility index (Phi) is 4.04. The second-order valence-electron chi connectivity index (χ2n) is 2.54. The summed E-state index contributed by atoms with van der Waals surface area (Å²) in [5.41, 5.74) is 5.55. The van der Waals surface area contributed by atoms with Crippen LogP contribution in [0.4, 0.5) is 5.69 Å². The molecule has 76 valence electrons. The number of nitrogens with one attached hydrogen (secondary N) is 1. The second-order valence-corrected chi connectivity index (χ2v) is 4.15. The number of benzene rings is 1. The van der Waals surface area contributed by atoms with Gasteiger partial charge in [-0.15, -0.1) is 0 Å². The van der Waals surface area contributed by atoms with Gasteiger partial charge in [-0.1, -0.05) is 23.2 Å². The molecule has 1 rings (SSSR count). The Hall–Kier alpha value is -0.450. The van der Waals surface area contributed by atoms with Crippen molar-refractivity contribution in [2.45, 2.75) is 0 Å². The molecule has 0 aliphatic rings. The van der Waals surface area contributed by atoms with E-state index in [0.717, 1.165) is 0 Å². The lowest BCUT2D eigenvalue weighted by Gasteiger charge is -2.08. The van der Waals surface area contributed by atoms with Crippen LogP contribution in [0, 0.1) is 0 Å². The van der Waals surface area contributed by atoms with Crippen LogP contribution in [0.5, 0.6) is 0 Å². The standard InChI is InChI=1S/C8H7BrCl2N2O/c9-4-1-2-5(8(11)7(4)10)13-3-6(12)14/h1-2,13H,3H2,(H2,12,14). The first kappa shape index (κ1) is 11.6. The Morgan fingerprint density at radius 1 is 1.43 bits per heavy atom. The Bertz CT molecular complexity index is 371. The zero-order valence-corrected chi connectivity index (χ0v) is 10.1. The molecule has 3 nitrogen and oxygen atoms in total. The van der Waals surface area contributed by atoms with Gasteiger partial charge in [-0.2, -0.15) is 0 Å². The monoisotopic (exact) mass is 296 g/mol. The average molecular weight is 298 g/mol. The molecule has 0 spiro atoms. The Balaban J connectivity index is 2.88. The lowest BCUT2D eigenvalue weighted by atomic mass is 10.3. The summed E-state index contributed by atoms with van der Waals surface area (Å²) in [4.78, 5) is 10.5. The predicted molar refractivity (Wildman–Crippen MR) is 61.8 cm³/mol. The third kappa shape index (κ3) is 2.77. The molecular formula is C8H7BrCl2N2O. The Morgan fingerprint density at radius 3 is 2.64 bits per heavy atom. The van der Waals surface area contributed by atoms with Crippen molar-refractivity contribution in [3.8, 4) is 0 Å². The number of amides is 1. The van der Waals surface area contributed by atoms with Crippen molar-refractivity contribution < 1.29 is 4.79 Å². The van der Waals surface area contributed by atoms with E-state index < -0.39 is 5.91 Å². The van der Waals surface area contributed by atoms with Crippen molar-refractivity contribution >= 4 is 50.7 Å². The van der Waals surface area contributed by atoms with E-state index in [-0.39, 0.29) is 6.54 Å². The lowest BCUT2D eigenvalue weighted by molar-refractivity contribution is -0.116. The van der Waals surface area contributed by atoms with E-state index >= 15 is 0 Å². The van der Waals surface area contributed by atoms with Crippen molar-refractivity contribution in [3.63, 3.8) is 0 Å². The van der Waals surface area contributed by atoms with Gasteiger partial charge < -0.3 is 11.1 Å². The minimum absolute atomic E-state index is 0.0255. The van der Waals surface area contributed by atoms with Gasteiger partial charge in [0.1, 0.15) is 0 Å². The molecule has 1 amide bonds. The average Bonchev–Trinajstić information content (AvgIpc) is 2.13. The lowest BCUT2D eigenvalue weighted by Crippen LogP contribution is -2.21. The molecular weight excluding hydrogens is 291 g/mol. The summed E-state index contributed by atoms with van der Waals surface area (Å²) in [5.74, 6) is -0.458. The highest BCUT2D eigenvalue weighted by atomic mass is 79.9. The van der Waals surface area contributed by atoms with Crippen LogP contribution in [0.1, 0.15) is 0 Å². The minimum atomic E-state index is -0.458. The molecule has 1 aromatic carbocycles. The van der Waals surface area contributed by atoms with Crippen LogP contribution in [-0.2, 0) is 4.79 Å². The van der Waals surface area contributed by atoms with Crippen LogP contribution < -0.4 is 11.1 Å². The summed E-state index contributed by atoms with van der Waals surface area (Å²) in [6.45, 7) is 0.0255. The fraction of sp³-hybridized carbons (Fsp3) is 0.125. The highest BCUT2D eigenvalue weighted by Crippen LogP contribution is 2.35. The molecule has 0 saturated heterocycles. The largest absolute Gasteiger partial charge is 0.375 e. The van der Waals surface area contributed by atoms with E-state index in [1.165, 1.54) is 0 Å². The normalized spacial score (nSPS) is 9.93. The maximum Gasteiger partial charge on any atom is 0.236 e. The summed E-state index contributed by atoms with van der Waals surface area (Å²) in [7, 11) is 0. The highest BCUT2D eigenvalue weighted by Gasteiger charge is 2.08. The van der Waals surface area contributed by atoms with E-state index in [2.05, 4.69) is 21.2 Å². The molecule has 3 N–H and O–H groups in total. The fourth-order valence-corrected chi connectivity index (χ4v) is 1.69. The summed E-state index contributed by atoms with van der Waals surface area (Å²) < 4.78 is 0.703. The second kappa shape index (κ2) is 4.87. The maximum atomic E-state index is 10.5. The van der Waals surface area contributed by atoms with E-state index in [4.69, 9.17) is 28.9 Å². The van der Waals surface area contributed by atoms with Crippen LogP contribution in [0.2, 0.25) is 10.0 Å². The van der Waals surface area contributed by atoms with E-state index in [1.807, 2.05) is 0 Å². The molecule has 0 saturated carbocycles. The van der Waals surface area contributed by atoms with Crippen molar-refractivity contribution in [1.82, 2.24) is 0 Å². The van der Waals surface area contributed by atoms with E-state index in [9.17, 15) is 4.79 Å². The topological polar surface area (TPSA) is 55.1 Å². The van der Waals surface area contributed by atoms with Crippen molar-refractivity contribution in [1.29, 1.82) is 0 Å². The van der Waals surface area contributed by atoms with Gasteiger partial charge in [0, 0.05) is 4.47 Å². The molecule has 0 bridgehead atoms. The number of hydrogen-bond donors (Lipinski definition) is 2. The summed E-state index contributed by atoms with van der Waals surface area (Å²) in [5, 5.41) is 3.54. The van der Waals surface area contributed by atoms with Crippen molar-refractivity contribution in [3.05, 3.63) is 26.7 Å². The quantitative estimate of drug-likeness (QED) is 0.843. The molecule has 0 aliphatic carbocycles. The molecule has 0 atom stereocenters. The van der Waals surface area contributed by atoms with Gasteiger partial charge in [-0.05, 0) is 28.1 Å². The van der Waals surface area contributed by atoms with Crippen molar-refractivity contribution in [2.24, 2.45) is 5.73 Å². The van der Waals surface area contributed by atoms with Gasteiger partial charge in [0.15, 0.2) is 0 Å². The number of primary amides is 1. The van der Waals surface area contributed by atoms with Gasteiger partial charge in [0.05, 0.1) is 22.3 Å². The maximum absolute atomic E-state index is 10.5. The third-order valence-corrected chi connectivity index (χ3v) is 3.26. The SMILES string of the molecule is NC(=O)CNc1ccc(Br)c(Cl)c1Cl. The molecule has 14 heavy (non-hydrogen) atoms. The number of anilines is 1. The molecule has 0 unspecified atom stereocenters. The first-order chi connectivity index (χ1) is 6.52. The van der Waals surface area contributed by atoms with Gasteiger partial charge in [-0.3, -0.25) is 4.79 Å². The van der Waals surface area contributed by atoms with E-state index in [1.54, 1.807) is 12.1 Å². The first-order valence-corrected chi connectivity index (χ1v) is 5.23. The summed E-state index contributed by atoms with van der Waals surface area (Å²) in [6, 6.07) is 3.44. The zero-order valence-electron chi connectivity index (χ0n) is 6.98. The first-order valence-electron chi connectivity index (χ1n) is 3.68. The predicted octanol–water partition coefficient (Wildman–Crippen LogP) is 2.65. The highest BCUT2D eigenvalue weighted by molar-refractivity contribution is 9.10. The summed E-state index contributed by atoms with van der Waals surface area (Å²) in [6.07, 6.45) is 0. The number of rotatable bonds is 3. The van der Waals surface area contributed by atoms with Gasteiger partial charge in [0.25, 0.3) is 0 Å². The van der Waals surface area contributed by atoms with Gasteiger partial charge in [-0.25, -0.2) is 0 Å². The Morgan fingerprint density at radius 2 is 2.07 bits per heavy atom. The third-order valence-electron chi connectivity index (χ3n) is 1.49. The smallest absolute Gasteiger partial charge is 0.236 e. The fourth-order valence-electron chi connectivity index (χ4n) is 0.845. The molecule has 1 aromatic rings.